The first-order valence-electron chi connectivity index (χ1n) is 3.45. The number of hydrogen-bond acceptors (Lipinski definition) is 5. The summed E-state index contributed by atoms with van der Waals surface area (Å²) in [7, 11) is 0. The molecule has 0 saturated heterocycles. The second kappa shape index (κ2) is 7.55. The molecule has 1 aromatic rings. The standard InChI is InChI=1S/C8H6ClNO4.2Na/c9-6-4(7(11)12)1-3(10)2-5(6)8(13)14;;/h1-2H,10H2,(H,11,12)(H,13,14);;/q;2*+1/p-2. The van der Waals surface area contributed by atoms with E-state index in [1.807, 2.05) is 0 Å². The zero-order valence-electron chi connectivity index (χ0n) is 8.74. The average Bonchev–Trinajstić information content (AvgIpc) is 2.07. The van der Waals surface area contributed by atoms with Gasteiger partial charge in [-0.25, -0.2) is 0 Å². The predicted octanol–water partition coefficient (Wildman–Crippen LogP) is -7.34. The van der Waals surface area contributed by atoms with Crippen molar-refractivity contribution in [3.63, 3.8) is 0 Å². The van der Waals surface area contributed by atoms with Gasteiger partial charge < -0.3 is 25.5 Å². The molecule has 0 radical (unpaired) electrons. The van der Waals surface area contributed by atoms with Crippen molar-refractivity contribution >= 4 is 29.2 Å². The summed E-state index contributed by atoms with van der Waals surface area (Å²) in [6, 6.07) is 2.04. The van der Waals surface area contributed by atoms with E-state index < -0.39 is 28.1 Å². The van der Waals surface area contributed by atoms with Gasteiger partial charge in [0.2, 0.25) is 0 Å². The maximum atomic E-state index is 10.5. The molecule has 0 bridgehead atoms. The van der Waals surface area contributed by atoms with Crippen molar-refractivity contribution in [3.8, 4) is 0 Å². The first kappa shape index (κ1) is 18.6. The van der Waals surface area contributed by atoms with Crippen LogP contribution in [0.5, 0.6) is 0 Å². The molecule has 1 rings (SSSR count). The molecule has 0 aliphatic carbocycles. The number of carboxylic acid groups (broad SMARTS) is 2. The van der Waals surface area contributed by atoms with Crippen LogP contribution in [-0.2, 0) is 0 Å². The zero-order chi connectivity index (χ0) is 10.9. The Morgan fingerprint density at radius 1 is 1.06 bits per heavy atom. The van der Waals surface area contributed by atoms with E-state index in [9.17, 15) is 19.8 Å². The van der Waals surface area contributed by atoms with Gasteiger partial charge in [0.15, 0.2) is 0 Å². The Labute approximate surface area is 141 Å². The molecule has 0 saturated carbocycles. The van der Waals surface area contributed by atoms with E-state index in [-0.39, 0.29) is 64.8 Å². The number of hydrogen-bond donors (Lipinski definition) is 1. The number of carboxylic acids is 2. The van der Waals surface area contributed by atoms with Gasteiger partial charge in [-0.2, -0.15) is 0 Å². The topological polar surface area (TPSA) is 106 Å². The molecule has 16 heavy (non-hydrogen) atoms. The summed E-state index contributed by atoms with van der Waals surface area (Å²) in [5, 5.41) is 20.5. The van der Waals surface area contributed by atoms with Crippen LogP contribution in [0.3, 0.4) is 0 Å². The second-order valence-corrected chi connectivity index (χ2v) is 2.88. The molecule has 74 valence electrons. The minimum atomic E-state index is -1.59. The van der Waals surface area contributed by atoms with Gasteiger partial charge in [0, 0.05) is 16.8 Å². The number of aromatic carboxylic acids is 2. The van der Waals surface area contributed by atoms with Gasteiger partial charge in [-0.15, -0.1) is 0 Å². The first-order chi connectivity index (χ1) is 6.43. The van der Waals surface area contributed by atoms with Gasteiger partial charge in [-0.3, -0.25) is 0 Å². The van der Waals surface area contributed by atoms with E-state index in [0.717, 1.165) is 12.1 Å². The molecule has 2 N–H and O–H groups in total. The molecule has 0 heterocycles. The molecular formula is C8H4ClNNa2O4. The summed E-state index contributed by atoms with van der Waals surface area (Å²) in [5.74, 6) is -3.19. The maximum Gasteiger partial charge on any atom is 1.00 e. The molecule has 5 nitrogen and oxygen atoms in total. The van der Waals surface area contributed by atoms with Gasteiger partial charge in [0.1, 0.15) is 0 Å². The van der Waals surface area contributed by atoms with Gasteiger partial charge in [0.05, 0.1) is 17.0 Å². The number of anilines is 1. The van der Waals surface area contributed by atoms with Crippen molar-refractivity contribution in [2.24, 2.45) is 0 Å². The summed E-state index contributed by atoms with van der Waals surface area (Å²) >= 11 is 5.47. The Kier molecular flexibility index (Phi) is 8.78. The van der Waals surface area contributed by atoms with Crippen LogP contribution in [0.1, 0.15) is 20.7 Å². The van der Waals surface area contributed by atoms with E-state index in [2.05, 4.69) is 0 Å². The number of nitrogen functional groups attached to an aromatic ring is 1. The van der Waals surface area contributed by atoms with E-state index >= 15 is 0 Å². The second-order valence-electron chi connectivity index (χ2n) is 2.50. The molecular weight excluding hydrogens is 256 g/mol. The number of carbonyl (C=O) groups is 2. The van der Waals surface area contributed by atoms with E-state index in [4.69, 9.17) is 17.3 Å². The molecule has 0 amide bonds. The van der Waals surface area contributed by atoms with Crippen LogP contribution >= 0.6 is 11.6 Å². The molecule has 8 heteroatoms. The Morgan fingerprint density at radius 2 is 1.38 bits per heavy atom. The van der Waals surface area contributed by atoms with Gasteiger partial charge in [-0.05, 0) is 12.1 Å². The van der Waals surface area contributed by atoms with Gasteiger partial charge in [0.25, 0.3) is 0 Å². The number of benzene rings is 1. The number of halogens is 1. The normalized spacial score (nSPS) is 8.56. The van der Waals surface area contributed by atoms with E-state index in [1.54, 1.807) is 0 Å². The number of nitrogens with two attached hydrogens (primary N) is 1. The quantitative estimate of drug-likeness (QED) is 0.419. The molecule has 0 aliphatic rings. The van der Waals surface area contributed by atoms with Gasteiger partial charge in [-0.1, -0.05) is 11.6 Å². The molecule has 0 aromatic heterocycles. The Hall–Kier alpha value is 0.250. The molecule has 0 atom stereocenters. The fourth-order valence-electron chi connectivity index (χ4n) is 0.944. The summed E-state index contributed by atoms with van der Waals surface area (Å²) in [6.45, 7) is 0. The summed E-state index contributed by atoms with van der Waals surface area (Å²) in [6.07, 6.45) is 0. The largest absolute Gasteiger partial charge is 1.00 e. The Balaban J connectivity index is 0. The van der Waals surface area contributed by atoms with Crippen LogP contribution in [0.15, 0.2) is 12.1 Å². The molecule has 0 fully saturated rings. The van der Waals surface area contributed by atoms with Crippen LogP contribution < -0.4 is 75.1 Å². The van der Waals surface area contributed by atoms with Crippen LogP contribution in [0, 0.1) is 0 Å². The van der Waals surface area contributed by atoms with E-state index in [1.165, 1.54) is 0 Å². The molecule has 0 aliphatic heterocycles. The summed E-state index contributed by atoms with van der Waals surface area (Å²) in [5.41, 5.74) is 4.30. The third-order valence-corrected chi connectivity index (χ3v) is 1.94. The fraction of sp³-hybridized carbons (Fsp3) is 0. The minimum Gasteiger partial charge on any atom is -0.545 e. The monoisotopic (exact) mass is 259 g/mol. The van der Waals surface area contributed by atoms with Crippen LogP contribution in [0.2, 0.25) is 5.02 Å². The van der Waals surface area contributed by atoms with Crippen molar-refractivity contribution in [1.29, 1.82) is 0 Å². The zero-order valence-corrected chi connectivity index (χ0v) is 13.5. The first-order valence-corrected chi connectivity index (χ1v) is 3.83. The van der Waals surface area contributed by atoms with Crippen molar-refractivity contribution < 1.29 is 78.9 Å². The molecule has 1 aromatic carbocycles. The van der Waals surface area contributed by atoms with Crippen molar-refractivity contribution in [1.82, 2.24) is 0 Å². The third-order valence-electron chi connectivity index (χ3n) is 1.53. The maximum absolute atomic E-state index is 10.5. The molecule has 0 unspecified atom stereocenters. The van der Waals surface area contributed by atoms with E-state index in [0.29, 0.717) is 0 Å². The Bertz CT molecular complexity index is 389. The SMILES string of the molecule is Nc1cc(C(=O)[O-])c(Cl)c(C(=O)[O-])c1.[Na+].[Na+]. The smallest absolute Gasteiger partial charge is 0.545 e. The van der Waals surface area contributed by atoms with Crippen LogP contribution in [-0.4, -0.2) is 11.9 Å². The number of rotatable bonds is 2. The summed E-state index contributed by atoms with van der Waals surface area (Å²) in [4.78, 5) is 21.0. The summed E-state index contributed by atoms with van der Waals surface area (Å²) < 4.78 is 0. The number of carbonyl (C=O) groups excluding carboxylic acids is 2. The minimum absolute atomic E-state index is 0. The van der Waals surface area contributed by atoms with Crippen LogP contribution in [0.4, 0.5) is 5.69 Å². The van der Waals surface area contributed by atoms with Crippen molar-refractivity contribution in [2.45, 2.75) is 0 Å². The third kappa shape index (κ3) is 4.25. The predicted molar refractivity (Wildman–Crippen MR) is 44.5 cm³/mol. The van der Waals surface area contributed by atoms with Crippen LogP contribution in [0.25, 0.3) is 0 Å². The fourth-order valence-corrected chi connectivity index (χ4v) is 1.21. The molecule has 0 spiro atoms. The van der Waals surface area contributed by atoms with Crippen molar-refractivity contribution in [3.05, 3.63) is 28.3 Å². The average molecular weight is 260 g/mol. The van der Waals surface area contributed by atoms with Gasteiger partial charge >= 0.3 is 59.1 Å². The van der Waals surface area contributed by atoms with Crippen molar-refractivity contribution in [2.75, 3.05) is 5.73 Å². The Morgan fingerprint density at radius 3 is 1.62 bits per heavy atom.